The molecular weight excluding hydrogens is 398 g/mol. The first-order valence-electron chi connectivity index (χ1n) is 12.1. The van der Waals surface area contributed by atoms with Crippen molar-refractivity contribution in [1.29, 1.82) is 0 Å². The quantitative estimate of drug-likeness (QED) is 0.201. The Morgan fingerprint density at radius 1 is 0.677 bits per heavy atom. The first kappa shape index (κ1) is 29.1. The molecule has 0 aromatic heterocycles. The van der Waals surface area contributed by atoms with Gasteiger partial charge < -0.3 is 15.5 Å². The van der Waals surface area contributed by atoms with Crippen molar-refractivity contribution in [2.45, 2.75) is 116 Å². The maximum Gasteiger partial charge on any atom is 0.306 e. The van der Waals surface area contributed by atoms with Crippen LogP contribution in [0.15, 0.2) is 0 Å². The Labute approximate surface area is 187 Å². The number of hydrogen-bond donors (Lipinski definition) is 3. The van der Waals surface area contributed by atoms with Crippen LogP contribution in [0, 0.1) is 5.92 Å². The summed E-state index contributed by atoms with van der Waals surface area (Å²) in [5, 5.41) is 20.5. The standard InChI is InChI=1S/C24H43NO6/c1-2-25-22(27)18-17-20(24(30)31)19-21(26)15-13-11-9-7-5-3-4-6-8-10-12-14-16-23(28)29/h20H,2-19H2,1H3,(H,25,27)(H,28,29)(H,30,31). The van der Waals surface area contributed by atoms with Crippen molar-refractivity contribution < 1.29 is 29.4 Å². The minimum absolute atomic E-state index is 0.0189. The molecule has 180 valence electrons. The molecule has 1 atom stereocenters. The third-order valence-electron chi connectivity index (χ3n) is 5.51. The van der Waals surface area contributed by atoms with E-state index in [1.165, 1.54) is 32.1 Å². The van der Waals surface area contributed by atoms with Crippen LogP contribution in [0.4, 0.5) is 0 Å². The smallest absolute Gasteiger partial charge is 0.306 e. The van der Waals surface area contributed by atoms with E-state index in [2.05, 4.69) is 5.32 Å². The lowest BCUT2D eigenvalue weighted by atomic mass is 9.94. The second-order valence-electron chi connectivity index (χ2n) is 8.41. The Bertz CT molecular complexity index is 520. The van der Waals surface area contributed by atoms with Crippen LogP contribution in [0.5, 0.6) is 0 Å². The van der Waals surface area contributed by atoms with E-state index in [0.717, 1.165) is 44.9 Å². The molecule has 0 saturated carbocycles. The van der Waals surface area contributed by atoms with Gasteiger partial charge >= 0.3 is 11.9 Å². The zero-order valence-electron chi connectivity index (χ0n) is 19.3. The number of carbonyl (C=O) groups excluding carboxylic acids is 2. The van der Waals surface area contributed by atoms with Crippen LogP contribution in [-0.4, -0.2) is 40.4 Å². The molecule has 0 radical (unpaired) electrons. The van der Waals surface area contributed by atoms with Crippen molar-refractivity contribution in [2.75, 3.05) is 6.54 Å². The van der Waals surface area contributed by atoms with Crippen LogP contribution >= 0.6 is 0 Å². The van der Waals surface area contributed by atoms with Crippen molar-refractivity contribution in [2.24, 2.45) is 5.92 Å². The number of hydrogen-bond acceptors (Lipinski definition) is 4. The van der Waals surface area contributed by atoms with Gasteiger partial charge in [-0.2, -0.15) is 0 Å². The molecule has 31 heavy (non-hydrogen) atoms. The summed E-state index contributed by atoms with van der Waals surface area (Å²) in [5.41, 5.74) is 0. The molecule has 0 saturated heterocycles. The van der Waals surface area contributed by atoms with Crippen molar-refractivity contribution in [1.82, 2.24) is 5.32 Å². The third kappa shape index (κ3) is 19.8. The van der Waals surface area contributed by atoms with Crippen molar-refractivity contribution in [3.05, 3.63) is 0 Å². The Morgan fingerprint density at radius 2 is 1.13 bits per heavy atom. The molecule has 7 heteroatoms. The number of carboxylic acids is 2. The lowest BCUT2D eigenvalue weighted by Crippen LogP contribution is -2.25. The highest BCUT2D eigenvalue weighted by Crippen LogP contribution is 2.16. The van der Waals surface area contributed by atoms with E-state index >= 15 is 0 Å². The van der Waals surface area contributed by atoms with Gasteiger partial charge in [0.15, 0.2) is 0 Å². The SMILES string of the molecule is CCNC(=O)CCC(CC(=O)CCCCCCCCCCCCCCC(=O)O)C(=O)O. The minimum Gasteiger partial charge on any atom is -0.481 e. The zero-order chi connectivity index (χ0) is 23.3. The summed E-state index contributed by atoms with van der Waals surface area (Å²) in [7, 11) is 0. The van der Waals surface area contributed by atoms with E-state index in [4.69, 9.17) is 5.11 Å². The molecule has 7 nitrogen and oxygen atoms in total. The Balaban J connectivity index is 3.58. The summed E-state index contributed by atoms with van der Waals surface area (Å²) >= 11 is 0. The molecule has 0 spiro atoms. The number of aliphatic carboxylic acids is 2. The largest absolute Gasteiger partial charge is 0.481 e. The molecule has 0 aliphatic carbocycles. The fourth-order valence-electron chi connectivity index (χ4n) is 3.65. The van der Waals surface area contributed by atoms with Gasteiger partial charge in [0, 0.05) is 32.2 Å². The van der Waals surface area contributed by atoms with Gasteiger partial charge in [-0.15, -0.1) is 0 Å². The molecule has 0 rings (SSSR count). The number of Topliss-reactive ketones (excluding diaryl/α,β-unsaturated/α-hetero) is 1. The molecule has 0 aromatic carbocycles. The molecular formula is C24H43NO6. The van der Waals surface area contributed by atoms with E-state index in [-0.39, 0.29) is 37.4 Å². The van der Waals surface area contributed by atoms with Crippen molar-refractivity contribution in [3.63, 3.8) is 0 Å². The number of carboxylic acid groups (broad SMARTS) is 2. The number of ketones is 1. The summed E-state index contributed by atoms with van der Waals surface area (Å²) in [5.74, 6) is -2.67. The average Bonchev–Trinajstić information content (AvgIpc) is 2.71. The monoisotopic (exact) mass is 441 g/mol. The van der Waals surface area contributed by atoms with Gasteiger partial charge in [0.05, 0.1) is 5.92 Å². The fourth-order valence-corrected chi connectivity index (χ4v) is 3.65. The molecule has 0 aliphatic rings. The highest BCUT2D eigenvalue weighted by Gasteiger charge is 2.21. The second-order valence-corrected chi connectivity index (χ2v) is 8.41. The first-order chi connectivity index (χ1) is 14.9. The minimum atomic E-state index is -1.00. The van der Waals surface area contributed by atoms with Gasteiger partial charge in [-0.1, -0.05) is 64.2 Å². The van der Waals surface area contributed by atoms with Crippen molar-refractivity contribution >= 4 is 23.6 Å². The van der Waals surface area contributed by atoms with Crippen LogP contribution in [-0.2, 0) is 19.2 Å². The van der Waals surface area contributed by atoms with Gasteiger partial charge in [-0.05, 0) is 26.2 Å². The van der Waals surface area contributed by atoms with Gasteiger partial charge in [-0.25, -0.2) is 0 Å². The lowest BCUT2D eigenvalue weighted by molar-refractivity contribution is -0.144. The summed E-state index contributed by atoms with van der Waals surface area (Å²) in [6.45, 7) is 2.33. The molecule has 3 N–H and O–H groups in total. The summed E-state index contributed by atoms with van der Waals surface area (Å²) < 4.78 is 0. The molecule has 0 aromatic rings. The predicted octanol–water partition coefficient (Wildman–Crippen LogP) is 5.11. The average molecular weight is 442 g/mol. The zero-order valence-corrected chi connectivity index (χ0v) is 19.3. The Kier molecular flexibility index (Phi) is 18.8. The first-order valence-corrected chi connectivity index (χ1v) is 12.1. The molecule has 1 unspecified atom stereocenters. The number of nitrogens with one attached hydrogen (secondary N) is 1. The van der Waals surface area contributed by atoms with E-state index in [9.17, 15) is 24.3 Å². The number of amides is 1. The molecule has 1 amide bonds. The van der Waals surface area contributed by atoms with E-state index in [1.54, 1.807) is 0 Å². The van der Waals surface area contributed by atoms with Gasteiger partial charge in [-0.3, -0.25) is 19.2 Å². The van der Waals surface area contributed by atoms with E-state index in [0.29, 0.717) is 13.0 Å². The molecule has 0 aliphatic heterocycles. The van der Waals surface area contributed by atoms with Crippen LogP contribution in [0.25, 0.3) is 0 Å². The third-order valence-corrected chi connectivity index (χ3v) is 5.51. The topological polar surface area (TPSA) is 121 Å². The Hall–Kier alpha value is -1.92. The van der Waals surface area contributed by atoms with Crippen molar-refractivity contribution in [3.8, 4) is 0 Å². The van der Waals surface area contributed by atoms with Gasteiger partial charge in [0.2, 0.25) is 5.91 Å². The number of rotatable bonds is 22. The fraction of sp³-hybridized carbons (Fsp3) is 0.833. The number of carbonyl (C=O) groups is 4. The summed E-state index contributed by atoms with van der Waals surface area (Å²) in [4.78, 5) is 45.3. The molecule has 0 bridgehead atoms. The van der Waals surface area contributed by atoms with Gasteiger partial charge in [0.1, 0.15) is 5.78 Å². The van der Waals surface area contributed by atoms with Gasteiger partial charge in [0.25, 0.3) is 0 Å². The van der Waals surface area contributed by atoms with Crippen LogP contribution < -0.4 is 5.32 Å². The molecule has 0 fully saturated rings. The van der Waals surface area contributed by atoms with E-state index < -0.39 is 17.9 Å². The summed E-state index contributed by atoms with van der Waals surface area (Å²) in [6.07, 6.45) is 14.1. The van der Waals surface area contributed by atoms with Crippen LogP contribution in [0.2, 0.25) is 0 Å². The van der Waals surface area contributed by atoms with Crippen LogP contribution in [0.3, 0.4) is 0 Å². The number of unbranched alkanes of at least 4 members (excludes halogenated alkanes) is 11. The summed E-state index contributed by atoms with van der Waals surface area (Å²) in [6, 6.07) is 0. The second kappa shape index (κ2) is 20.0. The van der Waals surface area contributed by atoms with Crippen LogP contribution in [0.1, 0.15) is 116 Å². The maximum absolute atomic E-state index is 12.1. The Morgan fingerprint density at radius 3 is 1.55 bits per heavy atom. The normalized spacial score (nSPS) is 11.8. The predicted molar refractivity (Wildman–Crippen MR) is 121 cm³/mol. The lowest BCUT2D eigenvalue weighted by Gasteiger charge is -2.11. The highest BCUT2D eigenvalue weighted by atomic mass is 16.4. The maximum atomic E-state index is 12.1. The van der Waals surface area contributed by atoms with E-state index in [1.807, 2.05) is 6.92 Å². The highest BCUT2D eigenvalue weighted by molar-refractivity contribution is 5.84. The molecule has 0 heterocycles.